The predicted molar refractivity (Wildman–Crippen MR) is 71.7 cm³/mol. The summed E-state index contributed by atoms with van der Waals surface area (Å²) in [6.45, 7) is 14.5. The molecule has 0 N–H and O–H groups in total. The average Bonchev–Trinajstić information content (AvgIpc) is 2.22. The SMILES string of the molecule is CCC(C)(/N=N/C(C)(C)C)OC(=O)OOC(C)(C)C. The Balaban J connectivity index is 4.54. The minimum atomic E-state index is -1.05. The molecule has 0 spiro atoms. The number of carbonyl (C=O) groups is 1. The van der Waals surface area contributed by atoms with E-state index in [1.165, 1.54) is 0 Å². The molecule has 0 aromatic heterocycles. The number of ether oxygens (including phenoxy) is 1. The van der Waals surface area contributed by atoms with E-state index in [9.17, 15) is 4.79 Å². The zero-order chi connectivity index (χ0) is 15.3. The second-order valence-corrected chi connectivity index (χ2v) is 6.53. The molecule has 6 nitrogen and oxygen atoms in total. The van der Waals surface area contributed by atoms with Crippen molar-refractivity contribution in [1.82, 2.24) is 0 Å². The largest absolute Gasteiger partial charge is 0.542 e. The Bertz CT molecular complexity index is 329. The van der Waals surface area contributed by atoms with E-state index in [4.69, 9.17) is 9.62 Å². The van der Waals surface area contributed by atoms with Gasteiger partial charge in [0, 0.05) is 6.42 Å². The summed E-state index contributed by atoms with van der Waals surface area (Å²) in [5.41, 5.74) is -1.97. The molecule has 0 aromatic rings. The third kappa shape index (κ3) is 9.41. The number of azo groups is 1. The molecule has 1 unspecified atom stereocenters. The lowest BCUT2D eigenvalue weighted by Gasteiger charge is -2.24. The number of nitrogens with zero attached hydrogens (tertiary/aromatic N) is 2. The molecule has 0 amide bonds. The van der Waals surface area contributed by atoms with Gasteiger partial charge in [-0.3, -0.25) is 4.89 Å². The van der Waals surface area contributed by atoms with Crippen molar-refractivity contribution >= 4 is 6.16 Å². The van der Waals surface area contributed by atoms with E-state index in [1.54, 1.807) is 27.7 Å². The van der Waals surface area contributed by atoms with Crippen molar-refractivity contribution in [3.63, 3.8) is 0 Å². The van der Waals surface area contributed by atoms with Crippen LogP contribution in [0.3, 0.4) is 0 Å². The molecule has 0 saturated carbocycles. The predicted octanol–water partition coefficient (Wildman–Crippen LogP) is 4.25. The van der Waals surface area contributed by atoms with Gasteiger partial charge in [0.15, 0.2) is 0 Å². The van der Waals surface area contributed by atoms with E-state index >= 15 is 0 Å². The third-order valence-electron chi connectivity index (χ3n) is 1.88. The highest BCUT2D eigenvalue weighted by Crippen LogP contribution is 2.21. The van der Waals surface area contributed by atoms with Crippen LogP contribution in [0.5, 0.6) is 0 Å². The molecule has 0 heterocycles. The summed E-state index contributed by atoms with van der Waals surface area (Å²) in [5.74, 6) is 0. The van der Waals surface area contributed by atoms with Gasteiger partial charge in [-0.05, 0) is 48.5 Å². The molecule has 0 aliphatic heterocycles. The van der Waals surface area contributed by atoms with Crippen LogP contribution in [0.4, 0.5) is 4.79 Å². The standard InChI is InChI=1S/C13H26N2O4/c1-9-13(8,15-14-11(2,3)4)17-10(16)18-19-12(5,6)7/h9H2,1-8H3/b15-14+. The molecule has 0 aliphatic rings. The Kier molecular flexibility index (Phi) is 5.93. The molecule has 0 rings (SSSR count). The van der Waals surface area contributed by atoms with Crippen molar-refractivity contribution in [3.8, 4) is 0 Å². The highest BCUT2D eigenvalue weighted by Gasteiger charge is 2.29. The zero-order valence-electron chi connectivity index (χ0n) is 13.2. The van der Waals surface area contributed by atoms with Crippen LogP contribution >= 0.6 is 0 Å². The first kappa shape index (κ1) is 17.8. The molecule has 0 radical (unpaired) electrons. The molecular weight excluding hydrogens is 248 g/mol. The molecule has 0 aliphatic carbocycles. The quantitative estimate of drug-likeness (QED) is 0.332. The summed E-state index contributed by atoms with van der Waals surface area (Å²) in [7, 11) is 0. The van der Waals surface area contributed by atoms with Crippen LogP contribution in [0.15, 0.2) is 10.2 Å². The molecule has 112 valence electrons. The van der Waals surface area contributed by atoms with Gasteiger partial charge >= 0.3 is 6.16 Å². The summed E-state index contributed by atoms with van der Waals surface area (Å²) in [5, 5.41) is 8.19. The molecule has 0 bridgehead atoms. The van der Waals surface area contributed by atoms with Crippen LogP contribution in [-0.2, 0) is 14.5 Å². The highest BCUT2D eigenvalue weighted by atomic mass is 17.2. The van der Waals surface area contributed by atoms with Gasteiger partial charge in [-0.25, -0.2) is 4.79 Å². The van der Waals surface area contributed by atoms with Crippen molar-refractivity contribution in [1.29, 1.82) is 0 Å². The van der Waals surface area contributed by atoms with Gasteiger partial charge in [-0.1, -0.05) is 6.92 Å². The fraction of sp³-hybridized carbons (Fsp3) is 0.923. The second-order valence-electron chi connectivity index (χ2n) is 6.53. The number of rotatable bonds is 4. The lowest BCUT2D eigenvalue weighted by molar-refractivity contribution is -0.316. The molecule has 19 heavy (non-hydrogen) atoms. The molecule has 6 heteroatoms. The summed E-state index contributed by atoms with van der Waals surface area (Å²) < 4.78 is 5.13. The zero-order valence-corrected chi connectivity index (χ0v) is 13.2. The number of carbonyl (C=O) groups excluding carboxylic acids is 1. The van der Waals surface area contributed by atoms with E-state index in [-0.39, 0.29) is 5.54 Å². The topological polar surface area (TPSA) is 69.5 Å². The van der Waals surface area contributed by atoms with E-state index in [0.29, 0.717) is 6.42 Å². The molecule has 0 fully saturated rings. The minimum Gasteiger partial charge on any atom is -0.402 e. The van der Waals surface area contributed by atoms with Gasteiger partial charge in [0.2, 0.25) is 5.72 Å². The Morgan fingerprint density at radius 3 is 1.89 bits per heavy atom. The minimum absolute atomic E-state index is 0.328. The van der Waals surface area contributed by atoms with Gasteiger partial charge in [0.25, 0.3) is 0 Å². The normalized spacial score (nSPS) is 16.2. The van der Waals surface area contributed by atoms with Gasteiger partial charge in [-0.15, -0.1) is 5.11 Å². The van der Waals surface area contributed by atoms with E-state index in [0.717, 1.165) is 0 Å². The monoisotopic (exact) mass is 274 g/mol. The Labute approximate surface area is 115 Å². The smallest absolute Gasteiger partial charge is 0.402 e. The first-order chi connectivity index (χ1) is 8.37. The maximum atomic E-state index is 11.5. The summed E-state index contributed by atoms with van der Waals surface area (Å²) >= 11 is 0. The maximum Gasteiger partial charge on any atom is 0.542 e. The lowest BCUT2D eigenvalue weighted by atomic mass is 10.1. The van der Waals surface area contributed by atoms with Crippen LogP contribution < -0.4 is 0 Å². The Hall–Kier alpha value is -1.17. The maximum absolute atomic E-state index is 11.5. The third-order valence-corrected chi connectivity index (χ3v) is 1.88. The van der Waals surface area contributed by atoms with E-state index < -0.39 is 17.5 Å². The van der Waals surface area contributed by atoms with E-state index in [2.05, 4.69) is 15.1 Å². The van der Waals surface area contributed by atoms with Crippen molar-refractivity contribution in [3.05, 3.63) is 0 Å². The van der Waals surface area contributed by atoms with Gasteiger partial charge in [0.05, 0.1) is 5.54 Å². The number of hydrogen-bond acceptors (Lipinski definition) is 6. The molecule has 1 atom stereocenters. The first-order valence-electron chi connectivity index (χ1n) is 6.40. The fourth-order valence-corrected chi connectivity index (χ4v) is 0.775. The van der Waals surface area contributed by atoms with Crippen molar-refractivity contribution in [2.75, 3.05) is 0 Å². The average molecular weight is 274 g/mol. The van der Waals surface area contributed by atoms with Crippen LogP contribution in [-0.4, -0.2) is 23.0 Å². The van der Waals surface area contributed by atoms with Gasteiger partial charge < -0.3 is 4.74 Å². The van der Waals surface area contributed by atoms with Crippen molar-refractivity contribution in [2.45, 2.75) is 78.7 Å². The molecule has 0 saturated heterocycles. The number of hydrogen-bond donors (Lipinski definition) is 0. The lowest BCUT2D eigenvalue weighted by Crippen LogP contribution is -2.31. The fourth-order valence-electron chi connectivity index (χ4n) is 0.775. The highest BCUT2D eigenvalue weighted by molar-refractivity contribution is 5.59. The van der Waals surface area contributed by atoms with Gasteiger partial charge in [-0.2, -0.15) is 10.0 Å². The Morgan fingerprint density at radius 2 is 1.53 bits per heavy atom. The summed E-state index contributed by atoms with van der Waals surface area (Å²) in [6.07, 6.45) is -0.441. The van der Waals surface area contributed by atoms with Gasteiger partial charge in [0.1, 0.15) is 5.60 Å². The van der Waals surface area contributed by atoms with E-state index in [1.807, 2.05) is 27.7 Å². The Morgan fingerprint density at radius 1 is 1.00 bits per heavy atom. The van der Waals surface area contributed by atoms with Crippen LogP contribution in [0.25, 0.3) is 0 Å². The van der Waals surface area contributed by atoms with Crippen molar-refractivity contribution < 1.29 is 19.3 Å². The van der Waals surface area contributed by atoms with Crippen molar-refractivity contribution in [2.24, 2.45) is 10.2 Å². The van der Waals surface area contributed by atoms with Crippen LogP contribution in [0, 0.1) is 0 Å². The van der Waals surface area contributed by atoms with Crippen LogP contribution in [0.2, 0.25) is 0 Å². The molecule has 0 aromatic carbocycles. The van der Waals surface area contributed by atoms with Crippen LogP contribution in [0.1, 0.15) is 61.8 Å². The molecular formula is C13H26N2O4. The second kappa shape index (κ2) is 6.32. The first-order valence-corrected chi connectivity index (χ1v) is 6.40. The summed E-state index contributed by atoms with van der Waals surface area (Å²) in [4.78, 5) is 21.0. The summed E-state index contributed by atoms with van der Waals surface area (Å²) in [6, 6.07) is 0.